The SMILES string of the molecule is Cc1ccc(CCNc2ncc3c(n2)-c2ccccc2NC(=O)C3)c(C)c1. The van der Waals surface area contributed by atoms with Gasteiger partial charge in [-0.05, 0) is 37.5 Å². The third-order valence-electron chi connectivity index (χ3n) is 4.85. The second-order valence-corrected chi connectivity index (χ2v) is 6.94. The number of carbonyl (C=O) groups is 1. The highest BCUT2D eigenvalue weighted by atomic mass is 16.1. The van der Waals surface area contributed by atoms with Crippen LogP contribution >= 0.6 is 0 Å². The summed E-state index contributed by atoms with van der Waals surface area (Å²) in [6.45, 7) is 5.00. The first kappa shape index (κ1) is 17.2. The number of hydrogen-bond donors (Lipinski definition) is 2. The monoisotopic (exact) mass is 358 g/mol. The minimum absolute atomic E-state index is 0.0413. The van der Waals surface area contributed by atoms with Crippen molar-refractivity contribution in [3.8, 4) is 11.3 Å². The number of fused-ring (bicyclic) bond motifs is 3. The molecular weight excluding hydrogens is 336 g/mol. The summed E-state index contributed by atoms with van der Waals surface area (Å²) in [5, 5.41) is 6.26. The van der Waals surface area contributed by atoms with Gasteiger partial charge in [-0.2, -0.15) is 0 Å². The van der Waals surface area contributed by atoms with E-state index in [0.29, 0.717) is 5.95 Å². The van der Waals surface area contributed by atoms with Crippen molar-refractivity contribution in [1.29, 1.82) is 0 Å². The van der Waals surface area contributed by atoms with Crippen LogP contribution in [0.2, 0.25) is 0 Å². The Morgan fingerprint density at radius 2 is 2.00 bits per heavy atom. The Bertz CT molecular complexity index is 1010. The van der Waals surface area contributed by atoms with Gasteiger partial charge in [0.05, 0.1) is 17.8 Å². The van der Waals surface area contributed by atoms with Crippen molar-refractivity contribution in [2.45, 2.75) is 26.7 Å². The van der Waals surface area contributed by atoms with Gasteiger partial charge >= 0.3 is 0 Å². The number of para-hydroxylation sites is 1. The van der Waals surface area contributed by atoms with Crippen molar-refractivity contribution in [2.24, 2.45) is 0 Å². The summed E-state index contributed by atoms with van der Waals surface area (Å²) in [6, 6.07) is 14.3. The highest BCUT2D eigenvalue weighted by Gasteiger charge is 2.20. The third kappa shape index (κ3) is 3.67. The van der Waals surface area contributed by atoms with Crippen molar-refractivity contribution >= 4 is 17.5 Å². The Morgan fingerprint density at radius 3 is 2.85 bits per heavy atom. The minimum atomic E-state index is -0.0413. The number of hydrogen-bond acceptors (Lipinski definition) is 4. The molecule has 3 aromatic rings. The van der Waals surface area contributed by atoms with Crippen LogP contribution in [-0.2, 0) is 17.6 Å². The molecule has 2 N–H and O–H groups in total. The summed E-state index contributed by atoms with van der Waals surface area (Å²) >= 11 is 0. The number of carbonyl (C=O) groups excluding carboxylic acids is 1. The molecule has 5 heteroatoms. The summed E-state index contributed by atoms with van der Waals surface area (Å²) in [6.07, 6.45) is 2.94. The molecule has 0 saturated heterocycles. The molecule has 0 atom stereocenters. The van der Waals surface area contributed by atoms with Crippen LogP contribution in [0.25, 0.3) is 11.3 Å². The average Bonchev–Trinajstić information content (AvgIpc) is 2.79. The lowest BCUT2D eigenvalue weighted by Gasteiger charge is -2.11. The topological polar surface area (TPSA) is 66.9 Å². The van der Waals surface area contributed by atoms with Crippen LogP contribution in [0.1, 0.15) is 22.3 Å². The van der Waals surface area contributed by atoms with Gasteiger partial charge in [0.15, 0.2) is 0 Å². The molecule has 0 saturated carbocycles. The fraction of sp³-hybridized carbons (Fsp3) is 0.227. The third-order valence-corrected chi connectivity index (χ3v) is 4.85. The molecule has 5 nitrogen and oxygen atoms in total. The molecule has 0 unspecified atom stereocenters. The van der Waals surface area contributed by atoms with Crippen molar-refractivity contribution in [2.75, 3.05) is 17.2 Å². The van der Waals surface area contributed by atoms with Gasteiger partial charge in [0.2, 0.25) is 11.9 Å². The van der Waals surface area contributed by atoms with Crippen LogP contribution in [0.5, 0.6) is 0 Å². The van der Waals surface area contributed by atoms with Crippen molar-refractivity contribution in [1.82, 2.24) is 9.97 Å². The van der Waals surface area contributed by atoms with Crippen LogP contribution < -0.4 is 10.6 Å². The lowest BCUT2D eigenvalue weighted by Crippen LogP contribution is -2.13. The second-order valence-electron chi connectivity index (χ2n) is 6.94. The fourth-order valence-electron chi connectivity index (χ4n) is 3.46. The van der Waals surface area contributed by atoms with Gasteiger partial charge in [0.25, 0.3) is 0 Å². The highest BCUT2D eigenvalue weighted by Crippen LogP contribution is 2.32. The zero-order valence-electron chi connectivity index (χ0n) is 15.5. The Hall–Kier alpha value is -3.21. The smallest absolute Gasteiger partial charge is 0.228 e. The van der Waals surface area contributed by atoms with E-state index in [1.54, 1.807) is 6.20 Å². The van der Waals surface area contributed by atoms with Gasteiger partial charge in [0.1, 0.15) is 0 Å². The van der Waals surface area contributed by atoms with E-state index in [-0.39, 0.29) is 12.3 Å². The minimum Gasteiger partial charge on any atom is -0.354 e. The van der Waals surface area contributed by atoms with E-state index in [1.165, 1.54) is 16.7 Å². The second kappa shape index (κ2) is 7.19. The summed E-state index contributed by atoms with van der Waals surface area (Å²) in [5.41, 5.74) is 7.28. The van der Waals surface area contributed by atoms with Gasteiger partial charge in [0, 0.05) is 23.9 Å². The molecule has 1 aromatic heterocycles. The Morgan fingerprint density at radius 1 is 1.15 bits per heavy atom. The highest BCUT2D eigenvalue weighted by molar-refractivity contribution is 5.99. The Balaban J connectivity index is 1.55. The van der Waals surface area contributed by atoms with Crippen LogP contribution in [0.3, 0.4) is 0 Å². The summed E-state index contributed by atoms with van der Waals surface area (Å²) < 4.78 is 0. The maximum absolute atomic E-state index is 12.1. The number of nitrogens with one attached hydrogen (secondary N) is 2. The molecule has 0 radical (unpaired) electrons. The molecule has 2 heterocycles. The zero-order valence-corrected chi connectivity index (χ0v) is 15.5. The van der Waals surface area contributed by atoms with E-state index in [0.717, 1.165) is 35.5 Å². The predicted octanol–water partition coefficient (Wildman–Crippen LogP) is 3.91. The lowest BCUT2D eigenvalue weighted by molar-refractivity contribution is -0.115. The molecular formula is C22H22N4O. The molecule has 2 aromatic carbocycles. The van der Waals surface area contributed by atoms with Gasteiger partial charge in [-0.15, -0.1) is 0 Å². The quantitative estimate of drug-likeness (QED) is 0.742. The predicted molar refractivity (Wildman–Crippen MR) is 108 cm³/mol. The maximum Gasteiger partial charge on any atom is 0.228 e. The van der Waals surface area contributed by atoms with Gasteiger partial charge in [-0.3, -0.25) is 4.79 Å². The summed E-state index contributed by atoms with van der Waals surface area (Å²) in [5.74, 6) is 0.544. The average molecular weight is 358 g/mol. The van der Waals surface area contributed by atoms with Crippen molar-refractivity contribution < 1.29 is 4.79 Å². The van der Waals surface area contributed by atoms with Crippen LogP contribution in [-0.4, -0.2) is 22.4 Å². The number of rotatable bonds is 4. The summed E-state index contributed by atoms with van der Waals surface area (Å²) in [4.78, 5) is 21.2. The first-order chi connectivity index (χ1) is 13.1. The lowest BCUT2D eigenvalue weighted by atomic mass is 10.0. The normalized spacial score (nSPS) is 12.6. The number of nitrogens with zero attached hydrogens (tertiary/aromatic N) is 2. The zero-order chi connectivity index (χ0) is 18.8. The molecule has 1 amide bonds. The molecule has 1 aliphatic rings. The van der Waals surface area contributed by atoms with E-state index in [4.69, 9.17) is 4.98 Å². The summed E-state index contributed by atoms with van der Waals surface area (Å²) in [7, 11) is 0. The van der Waals surface area contributed by atoms with Crippen molar-refractivity contribution in [3.63, 3.8) is 0 Å². The van der Waals surface area contributed by atoms with Gasteiger partial charge < -0.3 is 10.6 Å². The number of aromatic nitrogens is 2. The van der Waals surface area contributed by atoms with Gasteiger partial charge in [-0.25, -0.2) is 9.97 Å². The molecule has 27 heavy (non-hydrogen) atoms. The maximum atomic E-state index is 12.1. The number of aryl methyl sites for hydroxylation is 2. The van der Waals surface area contributed by atoms with Crippen LogP contribution in [0, 0.1) is 13.8 Å². The fourth-order valence-corrected chi connectivity index (χ4v) is 3.46. The molecule has 0 aliphatic carbocycles. The first-order valence-electron chi connectivity index (χ1n) is 9.15. The standard InChI is InChI=1S/C22H22N4O/c1-14-7-8-16(15(2)11-14)9-10-23-22-24-13-17-12-20(27)25-19-6-4-3-5-18(19)21(17)26-22/h3-8,11,13H,9-10,12H2,1-2H3,(H,25,27)(H,23,24,26). The Kier molecular flexibility index (Phi) is 4.59. The van der Waals surface area contributed by atoms with E-state index in [1.807, 2.05) is 24.3 Å². The number of anilines is 2. The van der Waals surface area contributed by atoms with Crippen LogP contribution in [0.15, 0.2) is 48.7 Å². The molecule has 1 aliphatic heterocycles. The van der Waals surface area contributed by atoms with E-state index in [9.17, 15) is 4.79 Å². The van der Waals surface area contributed by atoms with Crippen molar-refractivity contribution in [3.05, 3.63) is 70.9 Å². The number of amides is 1. The first-order valence-corrected chi connectivity index (χ1v) is 9.15. The van der Waals surface area contributed by atoms with E-state index >= 15 is 0 Å². The molecule has 0 fully saturated rings. The Labute approximate surface area is 158 Å². The molecule has 0 spiro atoms. The van der Waals surface area contributed by atoms with E-state index in [2.05, 4.69) is 47.7 Å². The van der Waals surface area contributed by atoms with E-state index < -0.39 is 0 Å². The number of benzene rings is 2. The van der Waals surface area contributed by atoms with Gasteiger partial charge in [-0.1, -0.05) is 42.0 Å². The molecule has 4 rings (SSSR count). The molecule has 136 valence electrons. The molecule has 0 bridgehead atoms. The largest absolute Gasteiger partial charge is 0.354 e. The van der Waals surface area contributed by atoms with Crippen LogP contribution in [0.4, 0.5) is 11.6 Å².